The lowest BCUT2D eigenvalue weighted by molar-refractivity contribution is -0.143. The maximum Gasteiger partial charge on any atom is 0.309 e. The van der Waals surface area contributed by atoms with Gasteiger partial charge in [-0.3, -0.25) is 9.78 Å². The molecule has 0 bridgehead atoms. The van der Waals surface area contributed by atoms with Crippen molar-refractivity contribution >= 4 is 5.97 Å². The molecule has 1 rings (SSSR count). The van der Waals surface area contributed by atoms with E-state index < -0.39 is 11.9 Å². The molecule has 4 nitrogen and oxygen atoms in total. The first kappa shape index (κ1) is 11.5. The van der Waals surface area contributed by atoms with Crippen LogP contribution < -0.4 is 4.74 Å². The number of nitrogens with zero attached hydrogens (tertiary/aromatic N) is 1. The van der Waals surface area contributed by atoms with Crippen LogP contribution in [0.15, 0.2) is 24.5 Å². The predicted molar refractivity (Wildman–Crippen MR) is 55.8 cm³/mol. The molecule has 1 heterocycles. The number of hydrogen-bond acceptors (Lipinski definition) is 3. The van der Waals surface area contributed by atoms with Gasteiger partial charge in [0.2, 0.25) is 0 Å². The van der Waals surface area contributed by atoms with Crippen molar-refractivity contribution in [3.05, 3.63) is 24.5 Å². The van der Waals surface area contributed by atoms with Gasteiger partial charge in [-0.05, 0) is 18.6 Å². The maximum absolute atomic E-state index is 10.8. The third-order valence-corrected chi connectivity index (χ3v) is 2.07. The Kier molecular flexibility index (Phi) is 4.60. The fourth-order valence-electron chi connectivity index (χ4n) is 1.26. The van der Waals surface area contributed by atoms with Crippen LogP contribution in [0.3, 0.4) is 0 Å². The Balaban J connectivity index is 2.43. The molecule has 0 amide bonds. The molecule has 0 aliphatic rings. The lowest BCUT2D eigenvalue weighted by Gasteiger charge is -2.12. The zero-order valence-electron chi connectivity index (χ0n) is 8.72. The molecule has 0 aromatic carbocycles. The van der Waals surface area contributed by atoms with Gasteiger partial charge in [-0.1, -0.05) is 13.3 Å². The van der Waals surface area contributed by atoms with Gasteiger partial charge in [0, 0.05) is 6.20 Å². The first-order chi connectivity index (χ1) is 7.24. The minimum absolute atomic E-state index is 0.203. The van der Waals surface area contributed by atoms with Crippen LogP contribution in [-0.4, -0.2) is 22.7 Å². The van der Waals surface area contributed by atoms with Crippen LogP contribution in [0.5, 0.6) is 5.75 Å². The Morgan fingerprint density at radius 2 is 2.47 bits per heavy atom. The zero-order chi connectivity index (χ0) is 11.1. The highest BCUT2D eigenvalue weighted by Crippen LogP contribution is 2.11. The SMILES string of the molecule is CCCC(COc1cccnc1)C(=O)O. The Labute approximate surface area is 88.9 Å². The van der Waals surface area contributed by atoms with Crippen molar-refractivity contribution in [1.82, 2.24) is 4.98 Å². The molecule has 1 aromatic rings. The third-order valence-electron chi connectivity index (χ3n) is 2.07. The van der Waals surface area contributed by atoms with Crippen LogP contribution in [0.25, 0.3) is 0 Å². The summed E-state index contributed by atoms with van der Waals surface area (Å²) in [6.07, 6.45) is 4.70. The van der Waals surface area contributed by atoms with Gasteiger partial charge in [-0.2, -0.15) is 0 Å². The van der Waals surface area contributed by atoms with E-state index in [1.165, 1.54) is 0 Å². The fraction of sp³-hybridized carbons (Fsp3) is 0.455. The van der Waals surface area contributed by atoms with Crippen molar-refractivity contribution in [2.75, 3.05) is 6.61 Å². The molecule has 0 aliphatic carbocycles. The van der Waals surface area contributed by atoms with Crippen molar-refractivity contribution < 1.29 is 14.6 Å². The number of hydrogen-bond donors (Lipinski definition) is 1. The summed E-state index contributed by atoms with van der Waals surface area (Å²) in [6, 6.07) is 3.52. The molecule has 4 heteroatoms. The highest BCUT2D eigenvalue weighted by molar-refractivity contribution is 5.70. The van der Waals surface area contributed by atoms with Crippen LogP contribution >= 0.6 is 0 Å². The molecule has 15 heavy (non-hydrogen) atoms. The molecule has 1 atom stereocenters. The molecule has 1 aromatic heterocycles. The topological polar surface area (TPSA) is 59.4 Å². The zero-order valence-corrected chi connectivity index (χ0v) is 8.72. The molecular formula is C11H15NO3. The van der Waals surface area contributed by atoms with Crippen LogP contribution in [0.1, 0.15) is 19.8 Å². The Morgan fingerprint density at radius 1 is 1.67 bits per heavy atom. The van der Waals surface area contributed by atoms with E-state index in [4.69, 9.17) is 9.84 Å². The molecule has 0 fully saturated rings. The number of aromatic nitrogens is 1. The smallest absolute Gasteiger partial charge is 0.309 e. The Hall–Kier alpha value is -1.58. The summed E-state index contributed by atoms with van der Waals surface area (Å²) in [5, 5.41) is 8.89. The monoisotopic (exact) mass is 209 g/mol. The maximum atomic E-state index is 10.8. The van der Waals surface area contributed by atoms with E-state index in [-0.39, 0.29) is 6.61 Å². The standard InChI is InChI=1S/C11H15NO3/c1-2-4-9(11(13)14)8-15-10-5-3-6-12-7-10/h3,5-7,9H,2,4,8H2,1H3,(H,13,14). The number of ether oxygens (including phenoxy) is 1. The number of carboxylic acid groups (broad SMARTS) is 1. The highest BCUT2D eigenvalue weighted by Gasteiger charge is 2.16. The molecular weight excluding hydrogens is 194 g/mol. The second-order valence-electron chi connectivity index (χ2n) is 3.32. The summed E-state index contributed by atoms with van der Waals surface area (Å²) in [6.45, 7) is 2.16. The molecule has 0 aliphatic heterocycles. The van der Waals surface area contributed by atoms with Crippen molar-refractivity contribution in [2.45, 2.75) is 19.8 Å². The van der Waals surface area contributed by atoms with Crippen LogP contribution in [0.2, 0.25) is 0 Å². The number of carboxylic acids is 1. The first-order valence-corrected chi connectivity index (χ1v) is 4.99. The number of rotatable bonds is 6. The predicted octanol–water partition coefficient (Wildman–Crippen LogP) is 1.96. The molecule has 1 N–H and O–H groups in total. The van der Waals surface area contributed by atoms with E-state index in [0.29, 0.717) is 12.2 Å². The number of pyridine rings is 1. The van der Waals surface area contributed by atoms with Gasteiger partial charge < -0.3 is 9.84 Å². The van der Waals surface area contributed by atoms with E-state index in [1.807, 2.05) is 6.92 Å². The molecule has 0 radical (unpaired) electrons. The minimum Gasteiger partial charge on any atom is -0.491 e. The van der Waals surface area contributed by atoms with Crippen LogP contribution in [0, 0.1) is 5.92 Å². The van der Waals surface area contributed by atoms with Gasteiger partial charge in [-0.15, -0.1) is 0 Å². The van der Waals surface area contributed by atoms with Crippen molar-refractivity contribution in [3.8, 4) is 5.75 Å². The Bertz CT molecular complexity index is 300. The summed E-state index contributed by atoms with van der Waals surface area (Å²) >= 11 is 0. The first-order valence-electron chi connectivity index (χ1n) is 4.99. The summed E-state index contributed by atoms with van der Waals surface area (Å²) in [5.74, 6) is -0.629. The molecule has 1 unspecified atom stereocenters. The third kappa shape index (κ3) is 3.97. The minimum atomic E-state index is -0.805. The van der Waals surface area contributed by atoms with E-state index in [2.05, 4.69) is 4.98 Å². The fourth-order valence-corrected chi connectivity index (χ4v) is 1.26. The molecule has 0 saturated heterocycles. The van der Waals surface area contributed by atoms with Gasteiger partial charge in [0.15, 0.2) is 0 Å². The average Bonchev–Trinajstić information content (AvgIpc) is 2.25. The van der Waals surface area contributed by atoms with Gasteiger partial charge in [-0.25, -0.2) is 0 Å². The largest absolute Gasteiger partial charge is 0.491 e. The average molecular weight is 209 g/mol. The summed E-state index contributed by atoms with van der Waals surface area (Å²) in [7, 11) is 0. The van der Waals surface area contributed by atoms with Crippen molar-refractivity contribution in [2.24, 2.45) is 5.92 Å². The normalized spacial score (nSPS) is 12.1. The van der Waals surface area contributed by atoms with Crippen LogP contribution in [-0.2, 0) is 4.79 Å². The van der Waals surface area contributed by atoms with Gasteiger partial charge in [0.25, 0.3) is 0 Å². The molecule has 82 valence electrons. The number of carbonyl (C=O) groups is 1. The lowest BCUT2D eigenvalue weighted by Crippen LogP contribution is -2.21. The van der Waals surface area contributed by atoms with Gasteiger partial charge in [0.05, 0.1) is 12.1 Å². The van der Waals surface area contributed by atoms with Gasteiger partial charge in [0.1, 0.15) is 12.4 Å². The highest BCUT2D eigenvalue weighted by atomic mass is 16.5. The quantitative estimate of drug-likeness (QED) is 0.778. The molecule has 0 saturated carbocycles. The van der Waals surface area contributed by atoms with E-state index in [1.54, 1.807) is 24.5 Å². The Morgan fingerprint density at radius 3 is 3.00 bits per heavy atom. The van der Waals surface area contributed by atoms with Crippen LogP contribution in [0.4, 0.5) is 0 Å². The van der Waals surface area contributed by atoms with E-state index in [0.717, 1.165) is 6.42 Å². The second-order valence-corrected chi connectivity index (χ2v) is 3.32. The molecule has 0 spiro atoms. The van der Waals surface area contributed by atoms with E-state index >= 15 is 0 Å². The summed E-state index contributed by atoms with van der Waals surface area (Å²) in [5.41, 5.74) is 0. The van der Waals surface area contributed by atoms with E-state index in [9.17, 15) is 4.79 Å². The van der Waals surface area contributed by atoms with Crippen molar-refractivity contribution in [1.29, 1.82) is 0 Å². The summed E-state index contributed by atoms with van der Waals surface area (Å²) < 4.78 is 5.34. The second kappa shape index (κ2) is 6.01. The summed E-state index contributed by atoms with van der Waals surface area (Å²) in [4.78, 5) is 14.7. The van der Waals surface area contributed by atoms with Crippen molar-refractivity contribution in [3.63, 3.8) is 0 Å². The number of aliphatic carboxylic acids is 1. The lowest BCUT2D eigenvalue weighted by atomic mass is 10.1. The van der Waals surface area contributed by atoms with Gasteiger partial charge >= 0.3 is 5.97 Å².